The second kappa shape index (κ2) is 12.1. The third kappa shape index (κ3) is 5.40. The Morgan fingerprint density at radius 1 is 1.21 bits per heavy atom. The van der Waals surface area contributed by atoms with E-state index in [1.54, 1.807) is 6.07 Å². The molecule has 7 heterocycles. The van der Waals surface area contributed by atoms with Gasteiger partial charge in [-0.2, -0.15) is 0 Å². The molecule has 0 spiro atoms. The summed E-state index contributed by atoms with van der Waals surface area (Å²) in [6.45, 7) is 15.6. The highest BCUT2D eigenvalue weighted by atomic mass is 35.5. The van der Waals surface area contributed by atoms with Crippen LogP contribution < -0.4 is 10.6 Å². The van der Waals surface area contributed by atoms with Crippen LogP contribution in [0.15, 0.2) is 47.7 Å². The van der Waals surface area contributed by atoms with Crippen LogP contribution in [0.2, 0.25) is 5.02 Å². The Balaban J connectivity index is 0.00000101. The molecule has 42 heavy (non-hydrogen) atoms. The molecule has 2 atom stereocenters. The number of benzene rings is 1. The van der Waals surface area contributed by atoms with Crippen molar-refractivity contribution >= 4 is 23.1 Å². The predicted molar refractivity (Wildman–Crippen MR) is 172 cm³/mol. The van der Waals surface area contributed by atoms with Crippen LogP contribution in [0.3, 0.4) is 0 Å². The fourth-order valence-corrected chi connectivity index (χ4v) is 7.71. The zero-order valence-corrected chi connectivity index (χ0v) is 26.0. The Bertz CT molecular complexity index is 1390. The SMILES string of the molecule is C=C(/C=C\CC12CCCN1CCC2)N=C(c1cnc2c(c1C)CNc1ccc(Cl)c(F)c1-2)N1CC2CC(C1)N2.CCC. The third-order valence-corrected chi connectivity index (χ3v) is 9.88. The summed E-state index contributed by atoms with van der Waals surface area (Å²) >= 11 is 6.14. The number of piperidine rings is 1. The third-order valence-electron chi connectivity index (χ3n) is 9.58. The number of fused-ring (bicyclic) bond motifs is 6. The minimum absolute atomic E-state index is 0.107. The summed E-state index contributed by atoms with van der Waals surface area (Å²) in [6.07, 6.45) is 15.0. The summed E-state index contributed by atoms with van der Waals surface area (Å²) < 4.78 is 15.1. The first-order valence-corrected chi connectivity index (χ1v) is 16.1. The van der Waals surface area contributed by atoms with Crippen LogP contribution >= 0.6 is 11.6 Å². The van der Waals surface area contributed by atoms with E-state index in [2.05, 4.69) is 59.9 Å². The number of anilines is 1. The molecule has 6 aliphatic heterocycles. The lowest BCUT2D eigenvalue weighted by Crippen LogP contribution is -2.67. The Morgan fingerprint density at radius 3 is 2.60 bits per heavy atom. The molecule has 5 saturated heterocycles. The van der Waals surface area contributed by atoms with Gasteiger partial charge in [0, 0.05) is 60.3 Å². The van der Waals surface area contributed by atoms with Crippen LogP contribution in [0, 0.1) is 12.7 Å². The summed E-state index contributed by atoms with van der Waals surface area (Å²) in [5.74, 6) is 0.479. The van der Waals surface area contributed by atoms with Gasteiger partial charge in [-0.25, -0.2) is 9.38 Å². The van der Waals surface area contributed by atoms with Gasteiger partial charge in [0.25, 0.3) is 0 Å². The Kier molecular flexibility index (Phi) is 8.45. The zero-order valence-electron chi connectivity index (χ0n) is 25.3. The molecule has 5 fully saturated rings. The Morgan fingerprint density at radius 2 is 1.90 bits per heavy atom. The van der Waals surface area contributed by atoms with Crippen molar-refractivity contribution in [3.63, 3.8) is 0 Å². The molecule has 8 heteroatoms. The molecule has 2 unspecified atom stereocenters. The topological polar surface area (TPSA) is 55.8 Å². The fourth-order valence-electron chi connectivity index (χ4n) is 7.55. The van der Waals surface area contributed by atoms with Gasteiger partial charge in [-0.15, -0.1) is 0 Å². The quantitative estimate of drug-likeness (QED) is 0.222. The van der Waals surface area contributed by atoms with Gasteiger partial charge in [0.1, 0.15) is 5.84 Å². The van der Waals surface area contributed by atoms with Crippen molar-refractivity contribution in [3.8, 4) is 11.3 Å². The average Bonchev–Trinajstić information content (AvgIpc) is 3.54. The molecule has 0 aliphatic carbocycles. The van der Waals surface area contributed by atoms with E-state index in [-0.39, 0.29) is 5.02 Å². The molecule has 6 aliphatic rings. The van der Waals surface area contributed by atoms with Gasteiger partial charge in [-0.05, 0) is 82.3 Å². The summed E-state index contributed by atoms with van der Waals surface area (Å²) in [7, 11) is 0. The average molecular weight is 591 g/mol. The number of hydrogen-bond donors (Lipinski definition) is 2. The second-order valence-corrected chi connectivity index (χ2v) is 13.0. The lowest BCUT2D eigenvalue weighted by molar-refractivity contribution is 0.128. The van der Waals surface area contributed by atoms with E-state index in [0.29, 0.717) is 35.4 Å². The molecule has 0 radical (unpaired) electrons. The monoisotopic (exact) mass is 590 g/mol. The number of amidine groups is 1. The summed E-state index contributed by atoms with van der Waals surface area (Å²) in [5.41, 5.74) is 5.96. The van der Waals surface area contributed by atoms with Crippen molar-refractivity contribution in [3.05, 3.63) is 70.3 Å². The number of rotatable bonds is 5. The van der Waals surface area contributed by atoms with Gasteiger partial charge in [-0.3, -0.25) is 9.88 Å². The highest BCUT2D eigenvalue weighted by Gasteiger charge is 2.43. The van der Waals surface area contributed by atoms with E-state index >= 15 is 4.39 Å². The van der Waals surface area contributed by atoms with Crippen molar-refractivity contribution in [2.75, 3.05) is 31.5 Å². The van der Waals surface area contributed by atoms with Crippen LogP contribution in [0.4, 0.5) is 10.1 Å². The maximum Gasteiger partial charge on any atom is 0.153 e. The molecule has 6 nitrogen and oxygen atoms in total. The van der Waals surface area contributed by atoms with Gasteiger partial charge in [0.05, 0.1) is 22.0 Å². The summed E-state index contributed by atoms with van der Waals surface area (Å²) in [6, 6.07) is 4.39. The molecule has 2 aromatic rings. The molecular formula is C34H44ClFN6. The summed E-state index contributed by atoms with van der Waals surface area (Å²) in [5, 5.41) is 7.10. The van der Waals surface area contributed by atoms with E-state index in [1.807, 2.05) is 12.3 Å². The zero-order chi connectivity index (χ0) is 29.4. The van der Waals surface area contributed by atoms with Crippen molar-refractivity contribution in [1.29, 1.82) is 0 Å². The first-order valence-electron chi connectivity index (χ1n) is 15.7. The Hall–Kier alpha value is -2.74. The van der Waals surface area contributed by atoms with E-state index < -0.39 is 5.82 Å². The van der Waals surface area contributed by atoms with Gasteiger partial charge in [0.15, 0.2) is 5.82 Å². The number of nitrogens with zero attached hydrogens (tertiary/aromatic N) is 4. The van der Waals surface area contributed by atoms with Crippen LogP contribution in [0.1, 0.15) is 75.5 Å². The van der Waals surface area contributed by atoms with E-state index in [9.17, 15) is 0 Å². The minimum Gasteiger partial charge on any atom is -0.380 e. The number of nitrogens with one attached hydrogen (secondary N) is 2. The number of aliphatic imine (C=N–C) groups is 1. The van der Waals surface area contributed by atoms with Gasteiger partial charge < -0.3 is 15.5 Å². The molecule has 1 aromatic heterocycles. The largest absolute Gasteiger partial charge is 0.380 e. The van der Waals surface area contributed by atoms with Crippen LogP contribution in [0.5, 0.6) is 0 Å². The van der Waals surface area contributed by atoms with Crippen LogP contribution in [-0.4, -0.2) is 64.4 Å². The van der Waals surface area contributed by atoms with Crippen molar-refractivity contribution in [2.24, 2.45) is 4.99 Å². The summed E-state index contributed by atoms with van der Waals surface area (Å²) in [4.78, 5) is 15.0. The number of pyridine rings is 1. The maximum absolute atomic E-state index is 15.1. The fraction of sp³-hybridized carbons (Fsp3) is 0.529. The molecule has 0 saturated carbocycles. The molecular weight excluding hydrogens is 547 g/mol. The highest BCUT2D eigenvalue weighted by Crippen LogP contribution is 2.42. The molecule has 0 amide bonds. The number of hydrogen-bond acceptors (Lipinski definition) is 5. The molecule has 224 valence electrons. The number of halogens is 2. The van der Waals surface area contributed by atoms with E-state index in [1.165, 1.54) is 51.6 Å². The van der Waals surface area contributed by atoms with Gasteiger partial charge in [0.2, 0.25) is 0 Å². The lowest BCUT2D eigenvalue weighted by Gasteiger charge is -2.49. The first-order chi connectivity index (χ1) is 20.3. The first kappa shape index (κ1) is 29.3. The van der Waals surface area contributed by atoms with Crippen molar-refractivity contribution in [2.45, 2.75) is 89.9 Å². The van der Waals surface area contributed by atoms with Crippen molar-refractivity contribution in [1.82, 2.24) is 20.1 Å². The Labute approximate surface area is 255 Å². The standard InChI is InChI=1S/C31H36ClFN6.C3H8/c1-19(6-3-9-31-10-4-12-39(31)13-5-11-31)36-30(38-17-21-14-22(18-38)37-21)24-16-35-29-23(20(24)2)15-34-26-8-7-25(32)28(33)27(26)29;1-3-2/h3,6-8,16,21-22,34,37H,1,4-5,9-15,17-18H2,2H3;3H2,1-2H3/b6-3-,36-30?;. The van der Waals surface area contributed by atoms with Crippen molar-refractivity contribution < 1.29 is 4.39 Å². The van der Waals surface area contributed by atoms with E-state index in [0.717, 1.165) is 53.4 Å². The molecule has 1 aromatic carbocycles. The number of aromatic nitrogens is 1. The van der Waals surface area contributed by atoms with Gasteiger partial charge >= 0.3 is 0 Å². The van der Waals surface area contributed by atoms with E-state index in [4.69, 9.17) is 21.6 Å². The maximum atomic E-state index is 15.1. The minimum atomic E-state index is -0.431. The predicted octanol–water partition coefficient (Wildman–Crippen LogP) is 7.07. The second-order valence-electron chi connectivity index (χ2n) is 12.6. The number of allylic oxidation sites excluding steroid dienone is 1. The van der Waals surface area contributed by atoms with Crippen LogP contribution in [-0.2, 0) is 6.54 Å². The molecule has 2 N–H and O–H groups in total. The highest BCUT2D eigenvalue weighted by molar-refractivity contribution is 6.31. The smallest absolute Gasteiger partial charge is 0.153 e. The van der Waals surface area contributed by atoms with Gasteiger partial charge in [-0.1, -0.05) is 44.5 Å². The van der Waals surface area contributed by atoms with Crippen LogP contribution in [0.25, 0.3) is 11.3 Å². The number of piperazine rings is 1. The molecule has 8 rings (SSSR count). The molecule has 2 bridgehead atoms. The normalized spacial score (nSPS) is 23.8. The lowest BCUT2D eigenvalue weighted by atomic mass is 9.89.